The minimum atomic E-state index is -1.43. The molecule has 748 valence electrons. The molecule has 0 aliphatic heterocycles. The molecule has 53 heteroatoms. The summed E-state index contributed by atoms with van der Waals surface area (Å²) in [7, 11) is -1.80. The fourth-order valence-corrected chi connectivity index (χ4v) is 4630. The van der Waals surface area contributed by atoms with E-state index in [9.17, 15) is 5.11 Å². The van der Waals surface area contributed by atoms with Crippen molar-refractivity contribution < 1.29 is 47.1 Å². The normalized spacial score (nSPS) is 14.0. The van der Waals surface area contributed by atoms with Gasteiger partial charge in [0.15, 0.2) is 11.3 Å². The Labute approximate surface area is 979 Å². The van der Waals surface area contributed by atoms with Gasteiger partial charge in [-0.3, -0.25) is 0 Å². The Morgan fingerprint density at radius 2 is 0.697 bits per heavy atom. The second kappa shape index (κ2) is 70.6. The molecule has 4 atom stereocenters. The van der Waals surface area contributed by atoms with E-state index in [1.54, 1.807) is 40.8 Å². The standard InChI is InChI=1S/C39H47N6O5P.C30H30N4O4.C9H18ClN2OP.CH4.I28/c1-28(2)45(29(3)4)51(49-23-22-40-6)50-25-30(5)44-37(43-36-24-41-27-42-38(36)44)26-48-39(31-12-10-9-11-13-31,32-14-18-34(46-7)19-15-32)33-16-20-35(47-8)21-17-33;1-21(18-35)34-28(33-27-17-31-20-32-29(27)34)19-38-30(22-7-5-4-6-8-22,23-9-13-25(36-2)14-10-23)24-11-15-26(37-3)16-12-24;1-8(2)12(9(3)4)14(10)13-7-6-11-5;;1-16(2)18(5)20(7)22(9)24(11)26(13)28(15)27(14)25(12)23(10)21(8)19(6)17(3)4/h9-21,24,27-30H,22-23,25-26H2,1-5,7-8H3;4-17,20-21,35H,18-19H2,1-3H3;8-9H,6-7H2,1-4H3;1H4;/t30-,51?;21-;;;/m00.../s1. The third-order valence-corrected chi connectivity index (χ3v) is 2010. The van der Waals surface area contributed by atoms with Crippen molar-refractivity contribution >= 4 is 432 Å². The fraction of sp³-hybridized carbons (Fsp3) is 0.392. The molecule has 132 heavy (non-hydrogen) atoms. The molecule has 0 fully saturated rings. The van der Waals surface area contributed by atoms with Crippen molar-refractivity contribution in [2.75, 3.05) is 68.0 Å². The van der Waals surface area contributed by atoms with Crippen LogP contribution in [0.3, 0.4) is 0 Å². The predicted molar refractivity (Wildman–Crippen MR) is 805 cm³/mol. The number of aromatic nitrogens is 8. The second-order valence-corrected chi connectivity index (χ2v) is 664. The molecule has 0 spiro atoms. The van der Waals surface area contributed by atoms with Crippen molar-refractivity contribution in [1.82, 2.24) is 48.4 Å². The average Bonchev–Trinajstić information content (AvgIpc) is 1.17. The van der Waals surface area contributed by atoms with Gasteiger partial charge in [-0.25, -0.2) is 52.4 Å². The van der Waals surface area contributed by atoms with Gasteiger partial charge in [-0.2, -0.15) is 0 Å². The number of fused-ring (bicyclic) bond motifs is 2. The molecule has 6 aromatic carbocycles. The Morgan fingerprint density at radius 3 is 0.977 bits per heavy atom. The van der Waals surface area contributed by atoms with Crippen molar-refractivity contribution in [2.24, 2.45) is 0 Å². The molecular formula is C79H99ClI28N12O10P2. The van der Waals surface area contributed by atoms with E-state index in [-0.39, 0.29) is 58.0 Å². The van der Waals surface area contributed by atoms with Gasteiger partial charge in [-0.05, 0) is 162 Å². The van der Waals surface area contributed by atoms with Crippen LogP contribution in [-0.4, -0.2) is 146 Å². The molecule has 0 bridgehead atoms. The Bertz CT molecular complexity index is 4960. The van der Waals surface area contributed by atoms with E-state index < -0.39 is 130 Å². The van der Waals surface area contributed by atoms with E-state index in [0.29, 0.717) is 72.4 Å². The number of aliphatic hydroxyl groups excluding tert-OH is 1. The molecule has 0 aliphatic rings. The zero-order valence-electron chi connectivity index (χ0n) is 71.8. The van der Waals surface area contributed by atoms with Gasteiger partial charge < -0.3 is 65.9 Å². The zero-order valence-corrected chi connectivity index (χ0v) is 135. The fourth-order valence-electron chi connectivity index (χ4n) is 12.6. The van der Waals surface area contributed by atoms with Crippen LogP contribution in [0.4, 0.5) is 0 Å². The molecule has 10 rings (SSSR count). The Hall–Kier alpha value is 11.9. The summed E-state index contributed by atoms with van der Waals surface area (Å²) in [6.07, 6.45) is 6.40. The van der Waals surface area contributed by atoms with Gasteiger partial charge in [-0.15, -0.1) is 0 Å². The minimum absolute atomic E-state index is 0. The number of ether oxygens (including phenoxy) is 6. The van der Waals surface area contributed by atoms with Crippen molar-refractivity contribution in [2.45, 2.75) is 137 Å². The quantitative estimate of drug-likeness (QED) is 0.0124. The number of methoxy groups -OCH3 is 4. The van der Waals surface area contributed by atoms with Crippen molar-refractivity contribution in [3.63, 3.8) is 0 Å². The predicted octanol–water partition coefficient (Wildman–Crippen LogP) is 42.1. The molecule has 0 amide bonds. The molecule has 0 radical (unpaired) electrons. The molecule has 2 unspecified atom stereocenters. The first kappa shape index (κ1) is 133. The Balaban J connectivity index is 0.000000293. The zero-order chi connectivity index (χ0) is 96.6. The van der Waals surface area contributed by atoms with Crippen molar-refractivity contribution in [1.29, 1.82) is 0 Å². The summed E-state index contributed by atoms with van der Waals surface area (Å²) >= 11 is 53.0. The third kappa shape index (κ3) is 39.5. The van der Waals surface area contributed by atoms with Crippen LogP contribution < -0.4 is 18.9 Å². The minimum Gasteiger partial charge on any atom is -0.497 e. The summed E-state index contributed by atoms with van der Waals surface area (Å²) < 4.78 is 62.6. The summed E-state index contributed by atoms with van der Waals surface area (Å²) in [6, 6.07) is 52.6. The van der Waals surface area contributed by atoms with Crippen LogP contribution in [0.2, 0.25) is 0 Å². The summed E-state index contributed by atoms with van der Waals surface area (Å²) in [4.78, 5) is 33.9. The molecule has 0 saturated heterocycles. The molecule has 22 nitrogen and oxygen atoms in total. The van der Waals surface area contributed by atoms with E-state index >= 15 is 0 Å². The third-order valence-electron chi connectivity index (χ3n) is 17.9. The summed E-state index contributed by atoms with van der Waals surface area (Å²) in [6.45, 7) is 36.6. The number of halogens is 29. The maximum Gasteiger partial charge on any atom is 0.259 e. The van der Waals surface area contributed by atoms with Gasteiger partial charge in [0.25, 0.3) is 8.53 Å². The number of imidazole rings is 2. The van der Waals surface area contributed by atoms with E-state index in [0.717, 1.165) is 56.4 Å². The number of hydrogen-bond donors (Lipinski definition) is 1. The van der Waals surface area contributed by atoms with E-state index in [4.69, 9.17) is 76.3 Å². The van der Waals surface area contributed by atoms with Gasteiger partial charge in [-0.1, -0.05) is 117 Å². The van der Waals surface area contributed by atoms with Gasteiger partial charge in [0.2, 0.25) is 20.7 Å². The van der Waals surface area contributed by atoms with Crippen molar-refractivity contribution in [3.8, 4) is 23.0 Å². The SMILES string of the molecule is C.COc1ccc(C(OCc2nc3cncnc3n2[C@@H](C)CO)(c2ccccc2)c2ccc(OC)cc2)cc1.II(I)I(I)I(I)I(I)I(I)I(I)I(I)I(I)I(I)I(I)I(I)I(I)I(I)I.[C-]#[N+]CCOP(Cl)N(C(C)C)C(C)C.[C-]#[N+]CCOP(OC[C@H](C)n1c(COC(c2ccccc2)(c2ccc(OC)cc2)c2ccc(OC)cc2)nc2cncnc21)N(C(C)C)C(C)C. The largest absolute Gasteiger partial charge is 0.497 e. The summed E-state index contributed by atoms with van der Waals surface area (Å²) in [5.41, 5.74) is 6.20. The monoisotopic (exact) mass is 5030 g/mol. The maximum atomic E-state index is 9.99. The van der Waals surface area contributed by atoms with Gasteiger partial charge in [0.05, 0.1) is 66.1 Å². The first-order valence-corrected chi connectivity index (χ1v) is 211. The number of hydrogen-bond acceptors (Lipinski definition) is 18. The molecule has 4 aromatic heterocycles. The summed E-state index contributed by atoms with van der Waals surface area (Å²) in [5, 5.41) is 9.99. The molecule has 4 heterocycles. The summed E-state index contributed by atoms with van der Waals surface area (Å²) in [5.74, 6) is 4.31. The average molecular weight is 5030 g/mol. The van der Waals surface area contributed by atoms with Crippen LogP contribution in [0.15, 0.2) is 183 Å². The molecule has 0 aliphatic carbocycles. The van der Waals surface area contributed by atoms with Crippen LogP contribution in [0, 0.1) is 13.1 Å². The van der Waals surface area contributed by atoms with Crippen LogP contribution in [0.1, 0.15) is 134 Å². The van der Waals surface area contributed by atoms with Crippen LogP contribution >= 0.6 is 409 Å². The van der Waals surface area contributed by atoms with Gasteiger partial charge in [0.1, 0.15) is 96.0 Å². The first-order valence-electron chi connectivity index (χ1n) is 38.0. The molecule has 0 saturated carbocycles. The Kier molecular flexibility index (Phi) is 70.8. The molecule has 10 aromatic rings. The van der Waals surface area contributed by atoms with Gasteiger partial charge in [0, 0.05) is 24.2 Å². The smallest absolute Gasteiger partial charge is 0.259 e. The van der Waals surface area contributed by atoms with Crippen LogP contribution in [0.25, 0.3) is 32.0 Å². The molecule has 1 N–H and O–H groups in total. The second-order valence-electron chi connectivity index (χ2n) is 27.2. The van der Waals surface area contributed by atoms with Crippen LogP contribution in [0.5, 0.6) is 23.0 Å². The van der Waals surface area contributed by atoms with E-state index in [1.807, 2.05) is 145 Å². The van der Waals surface area contributed by atoms with E-state index in [2.05, 4.69) is 409 Å². The Morgan fingerprint density at radius 1 is 0.409 bits per heavy atom. The molecular weight excluding hydrogens is 4930 g/mol. The first-order chi connectivity index (χ1) is 62.5. The van der Waals surface area contributed by atoms with Gasteiger partial charge >= 0.3 is 382 Å². The number of aliphatic hydroxyl groups is 1. The van der Waals surface area contributed by atoms with E-state index in [1.165, 1.54) is 12.7 Å². The number of benzene rings is 6. The maximum absolute atomic E-state index is 9.99. The van der Waals surface area contributed by atoms with Crippen LogP contribution in [-0.2, 0) is 47.5 Å². The topological polar surface area (TPSA) is 206 Å². The van der Waals surface area contributed by atoms with Crippen molar-refractivity contribution in [3.05, 3.63) is 251 Å². The number of rotatable bonds is 46. The number of nitrogens with zero attached hydrogens (tertiary/aromatic N) is 12.